The maximum absolute atomic E-state index is 13.5. The molecule has 26 heavy (non-hydrogen) atoms. The van der Waals surface area contributed by atoms with Crippen molar-refractivity contribution in [2.45, 2.75) is 13.3 Å². The van der Waals surface area contributed by atoms with Crippen LogP contribution >= 0.6 is 0 Å². The Morgan fingerprint density at radius 1 is 1.04 bits per heavy atom. The van der Waals surface area contributed by atoms with Crippen LogP contribution in [-0.4, -0.2) is 23.7 Å². The second-order valence-electron chi connectivity index (χ2n) is 5.72. The lowest BCUT2D eigenvalue weighted by Gasteiger charge is -2.11. The Labute approximate surface area is 151 Å². The van der Waals surface area contributed by atoms with E-state index in [2.05, 4.69) is 9.97 Å². The summed E-state index contributed by atoms with van der Waals surface area (Å²) < 4.78 is 24.2. The van der Waals surface area contributed by atoms with E-state index >= 15 is 0 Å². The first-order valence-corrected chi connectivity index (χ1v) is 8.26. The maximum Gasteiger partial charge on any atom is 0.141 e. The van der Waals surface area contributed by atoms with Gasteiger partial charge in [-0.15, -0.1) is 0 Å². The van der Waals surface area contributed by atoms with Crippen LogP contribution in [0.5, 0.6) is 11.5 Å². The average Bonchev–Trinajstić information content (AvgIpc) is 2.62. The molecular formula is C20H20FN3O2. The van der Waals surface area contributed by atoms with Crippen LogP contribution in [0.2, 0.25) is 0 Å². The molecule has 0 aliphatic heterocycles. The van der Waals surface area contributed by atoms with Crippen LogP contribution in [-0.2, 0) is 6.42 Å². The largest absolute Gasteiger partial charge is 0.495 e. The number of nitrogens with zero attached hydrogens (tertiary/aromatic N) is 2. The van der Waals surface area contributed by atoms with Crippen molar-refractivity contribution in [2.75, 3.05) is 19.5 Å². The molecule has 3 rings (SSSR count). The highest BCUT2D eigenvalue weighted by atomic mass is 19.1. The third-order valence-electron chi connectivity index (χ3n) is 3.92. The van der Waals surface area contributed by atoms with E-state index < -0.39 is 0 Å². The van der Waals surface area contributed by atoms with Gasteiger partial charge in [-0.05, 0) is 42.8 Å². The summed E-state index contributed by atoms with van der Waals surface area (Å²) in [5.74, 6) is 0.760. The van der Waals surface area contributed by atoms with E-state index in [1.54, 1.807) is 13.2 Å². The van der Waals surface area contributed by atoms with Gasteiger partial charge in [-0.25, -0.2) is 14.4 Å². The molecule has 0 bridgehead atoms. The highest BCUT2D eigenvalue weighted by Crippen LogP contribution is 2.30. The van der Waals surface area contributed by atoms with Crippen molar-refractivity contribution in [3.8, 4) is 22.8 Å². The fraction of sp³-hybridized carbons (Fsp3) is 0.200. The van der Waals surface area contributed by atoms with Crippen molar-refractivity contribution in [2.24, 2.45) is 0 Å². The molecule has 134 valence electrons. The summed E-state index contributed by atoms with van der Waals surface area (Å²) in [5.41, 5.74) is 9.79. The summed E-state index contributed by atoms with van der Waals surface area (Å²) in [5, 5.41) is 0. The number of ether oxygens (including phenoxy) is 2. The summed E-state index contributed by atoms with van der Waals surface area (Å²) >= 11 is 0. The quantitative estimate of drug-likeness (QED) is 0.681. The van der Waals surface area contributed by atoms with E-state index in [9.17, 15) is 4.39 Å². The van der Waals surface area contributed by atoms with Gasteiger partial charge >= 0.3 is 0 Å². The van der Waals surface area contributed by atoms with Crippen molar-refractivity contribution < 1.29 is 13.9 Å². The van der Waals surface area contributed by atoms with Gasteiger partial charge < -0.3 is 15.2 Å². The number of hydrogen-bond acceptors (Lipinski definition) is 5. The minimum Gasteiger partial charge on any atom is -0.495 e. The third kappa shape index (κ3) is 3.91. The second kappa shape index (κ2) is 7.82. The van der Waals surface area contributed by atoms with Crippen molar-refractivity contribution in [3.63, 3.8) is 0 Å². The molecule has 0 aliphatic carbocycles. The van der Waals surface area contributed by atoms with Crippen LogP contribution < -0.4 is 15.2 Å². The molecule has 0 amide bonds. The molecule has 3 aromatic rings. The number of aromatic nitrogens is 2. The number of halogens is 1. The predicted octanol–water partition coefficient (Wildman–Crippen LogP) is 3.86. The molecular weight excluding hydrogens is 333 g/mol. The molecule has 1 heterocycles. The monoisotopic (exact) mass is 353 g/mol. The van der Waals surface area contributed by atoms with E-state index in [1.165, 1.54) is 18.5 Å². The fourth-order valence-electron chi connectivity index (χ4n) is 2.73. The van der Waals surface area contributed by atoms with Crippen molar-refractivity contribution in [1.29, 1.82) is 0 Å². The molecule has 2 aromatic carbocycles. The molecule has 0 saturated heterocycles. The van der Waals surface area contributed by atoms with E-state index in [0.29, 0.717) is 35.9 Å². The molecule has 0 spiro atoms. The fourth-order valence-corrected chi connectivity index (χ4v) is 2.73. The molecule has 0 atom stereocenters. The van der Waals surface area contributed by atoms with E-state index in [0.717, 1.165) is 16.8 Å². The number of nitrogens with two attached hydrogens (primary N) is 1. The molecule has 0 radical (unpaired) electrons. The first-order chi connectivity index (χ1) is 12.6. The van der Waals surface area contributed by atoms with Gasteiger partial charge in [0.05, 0.1) is 25.1 Å². The predicted molar refractivity (Wildman–Crippen MR) is 98.8 cm³/mol. The number of nitrogen functional groups attached to an aromatic ring is 1. The van der Waals surface area contributed by atoms with Gasteiger partial charge in [0.25, 0.3) is 0 Å². The molecule has 6 heteroatoms. The van der Waals surface area contributed by atoms with Gasteiger partial charge in [0, 0.05) is 23.7 Å². The summed E-state index contributed by atoms with van der Waals surface area (Å²) in [6.07, 6.45) is 2.09. The Bertz CT molecular complexity index is 915. The van der Waals surface area contributed by atoms with Crippen LogP contribution in [0.15, 0.2) is 48.8 Å². The Kier molecular flexibility index (Phi) is 5.31. The van der Waals surface area contributed by atoms with Gasteiger partial charge in [-0.1, -0.05) is 6.07 Å². The number of benzene rings is 2. The summed E-state index contributed by atoms with van der Waals surface area (Å²) in [6.45, 7) is 2.30. The molecule has 0 fully saturated rings. The van der Waals surface area contributed by atoms with Crippen molar-refractivity contribution in [3.05, 3.63) is 65.9 Å². The van der Waals surface area contributed by atoms with E-state index in [1.807, 2.05) is 31.2 Å². The minimum absolute atomic E-state index is 0.347. The number of anilines is 1. The topological polar surface area (TPSA) is 70.3 Å². The SMILES string of the molecule is CCOc1cc(F)ccc1-c1cc(Cc2ccc(OC)c(N)c2)ncn1. The Morgan fingerprint density at radius 3 is 2.62 bits per heavy atom. The van der Waals surface area contributed by atoms with Gasteiger partial charge in [-0.2, -0.15) is 0 Å². The van der Waals surface area contributed by atoms with Gasteiger partial charge in [0.1, 0.15) is 23.6 Å². The first-order valence-electron chi connectivity index (χ1n) is 8.26. The Hall–Kier alpha value is -3.15. The molecule has 1 aromatic heterocycles. The van der Waals surface area contributed by atoms with Crippen LogP contribution in [0, 0.1) is 5.82 Å². The summed E-state index contributed by atoms with van der Waals surface area (Å²) in [6, 6.07) is 11.9. The zero-order valence-corrected chi connectivity index (χ0v) is 14.7. The highest BCUT2D eigenvalue weighted by molar-refractivity contribution is 5.67. The molecule has 2 N–H and O–H groups in total. The first kappa shape index (κ1) is 17.7. The lowest BCUT2D eigenvalue weighted by atomic mass is 10.1. The second-order valence-corrected chi connectivity index (χ2v) is 5.72. The lowest BCUT2D eigenvalue weighted by Crippen LogP contribution is -1.99. The Morgan fingerprint density at radius 2 is 1.88 bits per heavy atom. The average molecular weight is 353 g/mol. The van der Waals surface area contributed by atoms with Crippen LogP contribution in [0.3, 0.4) is 0 Å². The lowest BCUT2D eigenvalue weighted by molar-refractivity contribution is 0.339. The molecule has 0 unspecified atom stereocenters. The van der Waals surface area contributed by atoms with Crippen LogP contribution in [0.25, 0.3) is 11.3 Å². The smallest absolute Gasteiger partial charge is 0.141 e. The van der Waals surface area contributed by atoms with Crippen molar-refractivity contribution >= 4 is 5.69 Å². The highest BCUT2D eigenvalue weighted by Gasteiger charge is 2.11. The maximum atomic E-state index is 13.5. The van der Waals surface area contributed by atoms with Gasteiger partial charge in [0.15, 0.2) is 0 Å². The molecule has 0 aliphatic rings. The third-order valence-corrected chi connectivity index (χ3v) is 3.92. The van der Waals surface area contributed by atoms with Crippen LogP contribution in [0.1, 0.15) is 18.2 Å². The van der Waals surface area contributed by atoms with E-state index in [4.69, 9.17) is 15.2 Å². The van der Waals surface area contributed by atoms with Crippen LogP contribution in [0.4, 0.5) is 10.1 Å². The number of methoxy groups -OCH3 is 1. The number of rotatable bonds is 6. The summed E-state index contributed by atoms with van der Waals surface area (Å²) in [4.78, 5) is 8.64. The Balaban J connectivity index is 1.90. The molecule has 5 nitrogen and oxygen atoms in total. The van der Waals surface area contributed by atoms with E-state index in [-0.39, 0.29) is 5.82 Å². The van der Waals surface area contributed by atoms with Crippen molar-refractivity contribution in [1.82, 2.24) is 9.97 Å². The normalized spacial score (nSPS) is 10.6. The van der Waals surface area contributed by atoms with Gasteiger partial charge in [0.2, 0.25) is 0 Å². The molecule has 0 saturated carbocycles. The minimum atomic E-state index is -0.347. The van der Waals surface area contributed by atoms with Gasteiger partial charge in [-0.3, -0.25) is 0 Å². The summed E-state index contributed by atoms with van der Waals surface area (Å²) in [7, 11) is 1.58. The zero-order valence-electron chi connectivity index (χ0n) is 14.7. The standard InChI is InChI=1S/C20H20FN3O2/c1-3-26-20-10-14(21)5-6-16(20)18-11-15(23-12-24-18)8-13-4-7-19(25-2)17(22)9-13/h4-7,9-12H,3,8,22H2,1-2H3. The number of hydrogen-bond donors (Lipinski definition) is 1. The zero-order chi connectivity index (χ0) is 18.5.